The van der Waals surface area contributed by atoms with Crippen LogP contribution in [0.4, 0.5) is 5.13 Å². The Balaban J connectivity index is 1.83. The highest BCUT2D eigenvalue weighted by molar-refractivity contribution is 7.15. The molecule has 2 nitrogen and oxygen atoms in total. The zero-order valence-corrected chi connectivity index (χ0v) is 12.0. The number of thiazole rings is 1. The topological polar surface area (TPSA) is 38.9 Å². The third-order valence-electron chi connectivity index (χ3n) is 4.14. The highest BCUT2D eigenvalue weighted by Gasteiger charge is 2.25. The molecular weight excluding hydrogens is 264 g/mol. The van der Waals surface area contributed by atoms with Crippen LogP contribution in [0.2, 0.25) is 0 Å². The van der Waals surface area contributed by atoms with E-state index in [2.05, 4.69) is 47.4 Å². The van der Waals surface area contributed by atoms with E-state index in [-0.39, 0.29) is 0 Å². The van der Waals surface area contributed by atoms with Crippen LogP contribution in [0.15, 0.2) is 42.5 Å². The Kier molecular flexibility index (Phi) is 2.74. The minimum absolute atomic E-state index is 0.471. The van der Waals surface area contributed by atoms with Crippen LogP contribution in [0.25, 0.3) is 10.8 Å². The lowest BCUT2D eigenvalue weighted by atomic mass is 9.85. The summed E-state index contributed by atoms with van der Waals surface area (Å²) in [7, 11) is 0. The van der Waals surface area contributed by atoms with Gasteiger partial charge in [-0.15, -0.1) is 11.3 Å². The number of nitrogen functional groups attached to an aromatic ring is 1. The molecule has 100 valence electrons. The molecule has 0 aliphatic heterocycles. The zero-order valence-electron chi connectivity index (χ0n) is 11.2. The maximum absolute atomic E-state index is 5.90. The summed E-state index contributed by atoms with van der Waals surface area (Å²) >= 11 is 1.67. The van der Waals surface area contributed by atoms with Crippen molar-refractivity contribution in [3.8, 4) is 0 Å². The molecule has 4 rings (SSSR count). The number of fused-ring (bicyclic) bond motifs is 2. The van der Waals surface area contributed by atoms with E-state index < -0.39 is 0 Å². The van der Waals surface area contributed by atoms with Gasteiger partial charge in [0.1, 0.15) is 0 Å². The highest BCUT2D eigenvalue weighted by atomic mass is 32.1. The molecule has 1 aliphatic rings. The molecule has 1 atom stereocenters. The van der Waals surface area contributed by atoms with Crippen molar-refractivity contribution in [1.29, 1.82) is 0 Å². The molecule has 0 amide bonds. The van der Waals surface area contributed by atoms with Gasteiger partial charge in [-0.3, -0.25) is 0 Å². The van der Waals surface area contributed by atoms with Crippen LogP contribution in [-0.4, -0.2) is 4.98 Å². The summed E-state index contributed by atoms with van der Waals surface area (Å²) < 4.78 is 0. The van der Waals surface area contributed by atoms with E-state index in [1.807, 2.05) is 0 Å². The monoisotopic (exact) mass is 280 g/mol. The van der Waals surface area contributed by atoms with Crippen LogP contribution in [0, 0.1) is 0 Å². The molecule has 0 fully saturated rings. The van der Waals surface area contributed by atoms with Crippen LogP contribution in [0.5, 0.6) is 0 Å². The summed E-state index contributed by atoms with van der Waals surface area (Å²) in [5.74, 6) is 0.471. The Morgan fingerprint density at radius 3 is 2.85 bits per heavy atom. The number of aryl methyl sites for hydroxylation is 1. The number of anilines is 1. The fraction of sp³-hybridized carbons (Fsp3) is 0.235. The van der Waals surface area contributed by atoms with Crippen LogP contribution < -0.4 is 5.73 Å². The quantitative estimate of drug-likeness (QED) is 0.720. The Morgan fingerprint density at radius 2 is 1.95 bits per heavy atom. The van der Waals surface area contributed by atoms with E-state index in [4.69, 9.17) is 5.73 Å². The van der Waals surface area contributed by atoms with Gasteiger partial charge in [0.25, 0.3) is 0 Å². The van der Waals surface area contributed by atoms with Crippen molar-refractivity contribution in [2.45, 2.75) is 25.2 Å². The van der Waals surface area contributed by atoms with Crippen molar-refractivity contribution >= 4 is 27.2 Å². The summed E-state index contributed by atoms with van der Waals surface area (Å²) in [6.45, 7) is 0. The molecule has 3 aromatic rings. The number of hydrogen-bond donors (Lipinski definition) is 1. The van der Waals surface area contributed by atoms with Crippen molar-refractivity contribution in [1.82, 2.24) is 4.98 Å². The van der Waals surface area contributed by atoms with Gasteiger partial charge in [-0.05, 0) is 35.6 Å². The maximum Gasteiger partial charge on any atom is 0.180 e. The predicted molar refractivity (Wildman–Crippen MR) is 85.3 cm³/mol. The van der Waals surface area contributed by atoms with Gasteiger partial charge in [0.15, 0.2) is 5.13 Å². The molecule has 0 spiro atoms. The molecule has 1 aromatic heterocycles. The van der Waals surface area contributed by atoms with E-state index in [9.17, 15) is 0 Å². The molecular formula is C17H16N2S. The van der Waals surface area contributed by atoms with Crippen molar-refractivity contribution < 1.29 is 0 Å². The van der Waals surface area contributed by atoms with Crippen LogP contribution >= 0.6 is 11.3 Å². The van der Waals surface area contributed by atoms with Gasteiger partial charge in [-0.25, -0.2) is 4.98 Å². The van der Waals surface area contributed by atoms with Crippen LogP contribution in [-0.2, 0) is 6.42 Å². The molecule has 0 bridgehead atoms. The molecule has 20 heavy (non-hydrogen) atoms. The third kappa shape index (κ3) is 1.90. The number of nitrogens with two attached hydrogens (primary N) is 1. The smallest absolute Gasteiger partial charge is 0.180 e. The first kappa shape index (κ1) is 11.9. The van der Waals surface area contributed by atoms with E-state index in [1.54, 1.807) is 11.3 Å². The number of hydrogen-bond acceptors (Lipinski definition) is 3. The van der Waals surface area contributed by atoms with E-state index in [0.717, 1.165) is 6.42 Å². The van der Waals surface area contributed by atoms with E-state index in [0.29, 0.717) is 11.0 Å². The largest absolute Gasteiger partial charge is 0.375 e. The molecule has 2 aromatic carbocycles. The highest BCUT2D eigenvalue weighted by Crippen LogP contribution is 2.41. The van der Waals surface area contributed by atoms with Gasteiger partial charge in [-0.2, -0.15) is 0 Å². The standard InChI is InChI=1S/C17H16N2S/c18-17-19-15-7-3-6-14(16(15)20-17)13-9-8-11-4-1-2-5-12(11)10-13/h1-2,4-5,8-10,14H,3,6-7H2,(H2,18,19). The third-order valence-corrected chi connectivity index (χ3v) is 5.18. The minimum atomic E-state index is 0.471. The average Bonchev–Trinajstić information content (AvgIpc) is 2.86. The van der Waals surface area contributed by atoms with Gasteiger partial charge in [-0.1, -0.05) is 42.5 Å². The Hall–Kier alpha value is -1.87. The summed E-state index contributed by atoms with van der Waals surface area (Å²) in [6.07, 6.45) is 3.48. The first-order chi connectivity index (χ1) is 9.81. The SMILES string of the molecule is Nc1nc2c(s1)C(c1ccc3ccccc3c1)CCC2. The zero-order chi connectivity index (χ0) is 13.5. The van der Waals surface area contributed by atoms with Gasteiger partial charge in [0.05, 0.1) is 5.69 Å². The van der Waals surface area contributed by atoms with Crippen molar-refractivity contribution in [2.75, 3.05) is 5.73 Å². The number of rotatable bonds is 1. The normalized spacial score (nSPS) is 18.1. The second-order valence-corrected chi connectivity index (χ2v) is 6.48. The number of benzene rings is 2. The molecule has 0 radical (unpaired) electrons. The molecule has 0 saturated heterocycles. The molecule has 1 unspecified atom stereocenters. The lowest BCUT2D eigenvalue weighted by Crippen LogP contribution is -2.08. The number of aromatic nitrogens is 1. The van der Waals surface area contributed by atoms with E-state index >= 15 is 0 Å². The second-order valence-electron chi connectivity index (χ2n) is 5.41. The lowest BCUT2D eigenvalue weighted by Gasteiger charge is -2.22. The summed E-state index contributed by atoms with van der Waals surface area (Å²) in [4.78, 5) is 5.86. The molecule has 2 N–H and O–H groups in total. The Bertz CT molecular complexity index is 776. The van der Waals surface area contributed by atoms with Crippen molar-refractivity contribution in [3.63, 3.8) is 0 Å². The van der Waals surface area contributed by atoms with Gasteiger partial charge < -0.3 is 5.73 Å². The Labute approximate surface area is 122 Å². The maximum atomic E-state index is 5.90. The first-order valence-electron chi connectivity index (χ1n) is 7.05. The van der Waals surface area contributed by atoms with Gasteiger partial charge in [0, 0.05) is 10.8 Å². The summed E-state index contributed by atoms with van der Waals surface area (Å²) in [5, 5.41) is 3.33. The fourth-order valence-electron chi connectivity index (χ4n) is 3.18. The van der Waals surface area contributed by atoms with Crippen LogP contribution in [0.3, 0.4) is 0 Å². The molecule has 3 heteroatoms. The molecule has 1 aliphatic carbocycles. The minimum Gasteiger partial charge on any atom is -0.375 e. The van der Waals surface area contributed by atoms with Gasteiger partial charge >= 0.3 is 0 Å². The lowest BCUT2D eigenvalue weighted by molar-refractivity contribution is 0.618. The summed E-state index contributed by atoms with van der Waals surface area (Å²) in [5.41, 5.74) is 8.51. The Morgan fingerprint density at radius 1 is 1.10 bits per heavy atom. The van der Waals surface area contributed by atoms with Crippen molar-refractivity contribution in [2.24, 2.45) is 0 Å². The molecule has 0 saturated carbocycles. The van der Waals surface area contributed by atoms with E-state index in [1.165, 1.54) is 39.7 Å². The predicted octanol–water partition coefficient (Wildman–Crippen LogP) is 4.35. The average molecular weight is 280 g/mol. The summed E-state index contributed by atoms with van der Waals surface area (Å²) in [6, 6.07) is 15.3. The first-order valence-corrected chi connectivity index (χ1v) is 7.87. The van der Waals surface area contributed by atoms with Gasteiger partial charge in [0.2, 0.25) is 0 Å². The van der Waals surface area contributed by atoms with Crippen LogP contribution in [0.1, 0.15) is 34.9 Å². The van der Waals surface area contributed by atoms with Crippen molar-refractivity contribution in [3.05, 3.63) is 58.6 Å². The molecule has 1 heterocycles. The fourth-order valence-corrected chi connectivity index (χ4v) is 4.22. The second kappa shape index (κ2) is 4.60. The number of nitrogens with zero attached hydrogens (tertiary/aromatic N) is 1.